The molecule has 0 fully saturated rings. The van der Waals surface area contributed by atoms with Crippen LogP contribution in [0.5, 0.6) is 0 Å². The Morgan fingerprint density at radius 3 is 2.38 bits per heavy atom. The maximum absolute atomic E-state index is 6.93. The van der Waals surface area contributed by atoms with Crippen LogP contribution in [0.25, 0.3) is 88.9 Å². The first-order chi connectivity index (χ1) is 30.9. The van der Waals surface area contributed by atoms with Crippen LogP contribution in [0.4, 0.5) is 0 Å². The van der Waals surface area contributed by atoms with Gasteiger partial charge in [0, 0.05) is 48.9 Å². The summed E-state index contributed by atoms with van der Waals surface area (Å²) in [7, 11) is 0. The highest BCUT2D eigenvalue weighted by molar-refractivity contribution is 8.06. The predicted molar refractivity (Wildman–Crippen MR) is 266 cm³/mol. The van der Waals surface area contributed by atoms with Crippen LogP contribution in [-0.4, -0.2) is 19.5 Å². The van der Waals surface area contributed by atoms with Crippen molar-refractivity contribution in [3.05, 3.63) is 210 Å². The topological polar surface area (TPSA) is 56.7 Å². The zero-order chi connectivity index (χ0) is 42.7. The van der Waals surface area contributed by atoms with Crippen LogP contribution in [0.1, 0.15) is 49.7 Å². The molecule has 6 aromatic carbocycles. The van der Waals surface area contributed by atoms with Crippen LogP contribution in [0.2, 0.25) is 0 Å². The van der Waals surface area contributed by atoms with Crippen LogP contribution >= 0.6 is 11.8 Å². The van der Waals surface area contributed by atoms with Crippen molar-refractivity contribution in [1.82, 2.24) is 19.5 Å². The third-order valence-electron chi connectivity index (χ3n) is 12.5. The summed E-state index contributed by atoms with van der Waals surface area (Å²) in [5, 5.41) is 7.67. The molecular formula is C57H44N4OS. The Labute approximate surface area is 370 Å². The molecule has 0 amide bonds. The molecule has 0 N–H and O–H groups in total. The zero-order valence-electron chi connectivity index (χ0n) is 35.3. The van der Waals surface area contributed by atoms with Crippen molar-refractivity contribution < 1.29 is 4.42 Å². The van der Waals surface area contributed by atoms with Gasteiger partial charge in [0.25, 0.3) is 0 Å². The van der Waals surface area contributed by atoms with Crippen LogP contribution in [0, 0.1) is 0 Å². The lowest BCUT2D eigenvalue weighted by Crippen LogP contribution is -2.27. The van der Waals surface area contributed by atoms with E-state index in [2.05, 4.69) is 171 Å². The molecule has 0 radical (unpaired) electrons. The highest BCUT2D eigenvalue weighted by Crippen LogP contribution is 2.46. The van der Waals surface area contributed by atoms with E-state index in [4.69, 9.17) is 19.4 Å². The highest BCUT2D eigenvalue weighted by Gasteiger charge is 2.35. The average molecular weight is 833 g/mol. The Morgan fingerprint density at radius 1 is 0.794 bits per heavy atom. The maximum Gasteiger partial charge on any atom is 0.164 e. The van der Waals surface area contributed by atoms with Crippen molar-refractivity contribution in [2.24, 2.45) is 0 Å². The monoisotopic (exact) mass is 832 g/mol. The molecule has 2 bridgehead atoms. The lowest BCUT2D eigenvalue weighted by atomic mass is 9.80. The van der Waals surface area contributed by atoms with Gasteiger partial charge in [0.15, 0.2) is 11.6 Å². The van der Waals surface area contributed by atoms with Gasteiger partial charge in [-0.2, -0.15) is 0 Å². The minimum Gasteiger partial charge on any atom is -0.455 e. The Bertz CT molecular complexity index is 3510. The molecule has 6 heteroatoms. The second-order valence-corrected chi connectivity index (χ2v) is 17.7. The lowest BCUT2D eigenvalue weighted by Gasteiger charge is -2.29. The first-order valence-corrected chi connectivity index (χ1v) is 22.4. The normalized spacial score (nSPS) is 17.9. The summed E-state index contributed by atoms with van der Waals surface area (Å²) in [6.45, 7) is 13.2. The van der Waals surface area contributed by atoms with Crippen LogP contribution < -0.4 is 0 Å². The Kier molecular flexibility index (Phi) is 9.54. The number of rotatable bonds is 8. The third kappa shape index (κ3) is 6.52. The average Bonchev–Trinajstić information content (AvgIpc) is 3.87. The van der Waals surface area contributed by atoms with Gasteiger partial charge < -0.3 is 8.98 Å². The first-order valence-electron chi connectivity index (χ1n) is 21.6. The van der Waals surface area contributed by atoms with Gasteiger partial charge in [-0.25, -0.2) is 15.0 Å². The fourth-order valence-electron chi connectivity index (χ4n) is 9.55. The van der Waals surface area contributed by atoms with Gasteiger partial charge in [0.05, 0.1) is 22.3 Å². The Morgan fingerprint density at radius 2 is 1.56 bits per heavy atom. The molecule has 304 valence electrons. The van der Waals surface area contributed by atoms with Crippen LogP contribution in [-0.2, 0) is 5.41 Å². The van der Waals surface area contributed by atoms with E-state index in [-0.39, 0.29) is 5.92 Å². The molecule has 0 saturated heterocycles. The van der Waals surface area contributed by atoms with Crippen molar-refractivity contribution in [3.63, 3.8) is 0 Å². The van der Waals surface area contributed by atoms with E-state index in [1.807, 2.05) is 36.4 Å². The van der Waals surface area contributed by atoms with Gasteiger partial charge in [-0.3, -0.25) is 0 Å². The standard InChI is InChI=1S/C57H44N4OS/c1-5-7-19-36(3)51-45-32-39-23-11-12-24-40(39)33-48(45)61(47(51)6-2)49-34-46-52-44(28-17-29-50(52)62-53(46)43-27-14-13-26-42(43)49)55-58-54(38-21-9-8-10-22-38)59-56(60-55)57-30-16-15-20-37(4)63-41(35-57)25-18-31-57/h6-34,36H,2,4-5,35H2,1,3H3/b19-7-,20-15-,30-16-. The molecule has 0 saturated carbocycles. The molecule has 9 aromatic rings. The number of hydrogen-bond donors (Lipinski definition) is 0. The molecule has 1 aliphatic carbocycles. The van der Waals surface area contributed by atoms with Crippen molar-refractivity contribution in [1.29, 1.82) is 0 Å². The molecule has 2 aliphatic rings. The number of benzene rings is 6. The fourth-order valence-corrected chi connectivity index (χ4v) is 10.5. The van der Waals surface area contributed by atoms with Crippen molar-refractivity contribution >= 4 is 72.2 Å². The molecular weight excluding hydrogens is 789 g/mol. The van der Waals surface area contributed by atoms with E-state index in [0.29, 0.717) is 23.9 Å². The molecule has 0 spiro atoms. The summed E-state index contributed by atoms with van der Waals surface area (Å²) < 4.78 is 9.35. The van der Waals surface area contributed by atoms with Gasteiger partial charge in [-0.1, -0.05) is 178 Å². The number of thioether (sulfide) groups is 1. The largest absolute Gasteiger partial charge is 0.455 e. The van der Waals surface area contributed by atoms with Gasteiger partial charge in [0.2, 0.25) is 0 Å². The van der Waals surface area contributed by atoms with E-state index < -0.39 is 5.41 Å². The molecule has 63 heavy (non-hydrogen) atoms. The Hall–Kier alpha value is -7.28. The van der Waals surface area contributed by atoms with Crippen molar-refractivity contribution in [3.8, 4) is 28.5 Å². The lowest BCUT2D eigenvalue weighted by molar-refractivity contribution is 0.615. The second-order valence-electron chi connectivity index (χ2n) is 16.4. The van der Waals surface area contributed by atoms with E-state index in [1.165, 1.54) is 26.6 Å². The fraction of sp³-hybridized carbons (Fsp3) is 0.105. The van der Waals surface area contributed by atoms with Gasteiger partial charge >= 0.3 is 0 Å². The zero-order valence-corrected chi connectivity index (χ0v) is 36.1. The minimum absolute atomic E-state index is 0.159. The quantitative estimate of drug-likeness (QED) is 0.143. The molecule has 2 atom stereocenters. The summed E-state index contributed by atoms with van der Waals surface area (Å²) in [6.07, 6.45) is 23.2. The molecule has 2 unspecified atom stereocenters. The smallest absolute Gasteiger partial charge is 0.164 e. The van der Waals surface area contributed by atoms with Crippen molar-refractivity contribution in [2.45, 2.75) is 38.0 Å². The number of allylic oxidation sites excluding steroid dienone is 10. The number of fused-ring (bicyclic) bond motifs is 9. The maximum atomic E-state index is 6.93. The molecule has 4 heterocycles. The van der Waals surface area contributed by atoms with Gasteiger partial charge in [0.1, 0.15) is 17.0 Å². The van der Waals surface area contributed by atoms with Crippen molar-refractivity contribution in [2.75, 3.05) is 0 Å². The number of aromatic nitrogens is 4. The number of nitrogens with zero attached hydrogens (tertiary/aromatic N) is 4. The minimum atomic E-state index is -0.606. The predicted octanol–water partition coefficient (Wildman–Crippen LogP) is 15.5. The van der Waals surface area contributed by atoms with E-state index in [1.54, 1.807) is 11.8 Å². The Balaban J connectivity index is 1.20. The summed E-state index contributed by atoms with van der Waals surface area (Å²) in [4.78, 5) is 18.2. The summed E-state index contributed by atoms with van der Waals surface area (Å²) in [6, 6.07) is 40.6. The SMILES string of the molecule is C=Cc1c(C(C)/C=C\CC)c2cc3ccccc3cc2n1-c1cc2c(oc3cccc(-c4nc(-c5ccccc5)nc(C56C=CC=C(C5)SC(=C)/C=C\C=C/6)n4)c32)c2ccccc12. The first kappa shape index (κ1) is 38.6. The van der Waals surface area contributed by atoms with E-state index in [9.17, 15) is 0 Å². The molecule has 1 aliphatic heterocycles. The molecule has 11 rings (SSSR count). The van der Waals surface area contributed by atoms with Crippen LogP contribution in [0.15, 0.2) is 197 Å². The number of hydrogen-bond acceptors (Lipinski definition) is 5. The van der Waals surface area contributed by atoms with Gasteiger partial charge in [-0.05, 0) is 70.5 Å². The summed E-state index contributed by atoms with van der Waals surface area (Å²) >= 11 is 1.69. The van der Waals surface area contributed by atoms with E-state index in [0.717, 1.165) is 72.1 Å². The molecule has 5 nitrogen and oxygen atoms in total. The third-order valence-corrected chi connectivity index (χ3v) is 13.4. The van der Waals surface area contributed by atoms with Gasteiger partial charge in [-0.15, -0.1) is 0 Å². The highest BCUT2D eigenvalue weighted by atomic mass is 32.2. The summed E-state index contributed by atoms with van der Waals surface area (Å²) in [5.41, 5.74) is 7.30. The van der Waals surface area contributed by atoms with E-state index >= 15 is 0 Å². The molecule has 3 aromatic heterocycles. The second kappa shape index (κ2) is 15.6. The summed E-state index contributed by atoms with van der Waals surface area (Å²) in [5.74, 6) is 2.05. The number of furan rings is 1. The van der Waals surface area contributed by atoms with Crippen LogP contribution in [0.3, 0.4) is 0 Å².